The molecule has 12 nitrogen and oxygen atoms in total. The van der Waals surface area contributed by atoms with Crippen LogP contribution in [0.15, 0.2) is 40.9 Å². The number of hydrogen-bond donors (Lipinski definition) is 5. The van der Waals surface area contributed by atoms with Crippen molar-refractivity contribution in [1.29, 1.82) is 0 Å². The molecule has 0 aromatic heterocycles. The molecule has 2 fully saturated rings. The molecular weight excluding hydrogens is 570 g/mol. The molecule has 0 radical (unpaired) electrons. The van der Waals surface area contributed by atoms with Gasteiger partial charge in [0.15, 0.2) is 11.4 Å². The maximum atomic E-state index is 14.3. The van der Waals surface area contributed by atoms with Gasteiger partial charge in [-0.2, -0.15) is 0 Å². The van der Waals surface area contributed by atoms with Crippen LogP contribution in [0.3, 0.4) is 0 Å². The van der Waals surface area contributed by atoms with Gasteiger partial charge in [-0.1, -0.05) is 12.1 Å². The largest absolute Gasteiger partial charge is 0.510 e. The number of carbonyl (C=O) groups is 3. The van der Waals surface area contributed by atoms with E-state index >= 15 is 0 Å². The highest BCUT2D eigenvalue weighted by Crippen LogP contribution is 2.54. The Morgan fingerprint density at radius 1 is 1.11 bits per heavy atom. The van der Waals surface area contributed by atoms with E-state index in [4.69, 9.17) is 15.2 Å². The second-order valence-electron chi connectivity index (χ2n) is 12.4. The number of aliphatic hydroxyl groups is 3. The van der Waals surface area contributed by atoms with Gasteiger partial charge in [-0.25, -0.2) is 0 Å². The first-order valence-corrected chi connectivity index (χ1v) is 14.9. The molecule has 2 aromatic rings. The van der Waals surface area contributed by atoms with Crippen LogP contribution in [0.2, 0.25) is 0 Å². The number of morpholine rings is 1. The third kappa shape index (κ3) is 3.94. The monoisotopic (exact) mass is 605 g/mol. The molecule has 2 heterocycles. The summed E-state index contributed by atoms with van der Waals surface area (Å²) in [4.78, 5) is 44.4. The third-order valence-electron chi connectivity index (χ3n) is 10.2. The summed E-state index contributed by atoms with van der Waals surface area (Å²) in [6, 6.07) is 4.64. The molecule has 5 aliphatic rings. The number of hydrogen-bond acceptors (Lipinski definition) is 11. The van der Waals surface area contributed by atoms with Crippen molar-refractivity contribution < 1.29 is 44.3 Å². The molecule has 12 heteroatoms. The fraction of sp³-hybridized carbons (Fsp3) is 0.469. The van der Waals surface area contributed by atoms with E-state index in [0.29, 0.717) is 54.9 Å². The molecular formula is C32H35N3O9. The van der Waals surface area contributed by atoms with Gasteiger partial charge in [0.25, 0.3) is 5.91 Å². The van der Waals surface area contributed by atoms with Crippen LogP contribution in [0.4, 0.5) is 0 Å². The molecule has 3 aliphatic carbocycles. The number of ketones is 2. The Hall–Kier alpha value is -3.97. The minimum absolute atomic E-state index is 0.0155. The summed E-state index contributed by atoms with van der Waals surface area (Å²) in [6.45, 7) is 3.98. The first kappa shape index (κ1) is 28.8. The number of aromatic hydroxyl groups is 1. The van der Waals surface area contributed by atoms with E-state index in [0.717, 1.165) is 25.1 Å². The molecule has 6 N–H and O–H groups in total. The maximum absolute atomic E-state index is 14.3. The van der Waals surface area contributed by atoms with Crippen LogP contribution >= 0.6 is 0 Å². The van der Waals surface area contributed by atoms with E-state index < -0.39 is 58.0 Å². The van der Waals surface area contributed by atoms with Crippen LogP contribution in [0.5, 0.6) is 11.5 Å². The van der Waals surface area contributed by atoms with E-state index in [-0.39, 0.29) is 29.7 Å². The van der Waals surface area contributed by atoms with Gasteiger partial charge in [0.05, 0.1) is 31.9 Å². The number of aliphatic hydroxyl groups excluding tert-OH is 2. The number of amides is 1. The van der Waals surface area contributed by atoms with Crippen LogP contribution in [-0.2, 0) is 27.3 Å². The Balaban J connectivity index is 1.39. The van der Waals surface area contributed by atoms with Crippen molar-refractivity contribution in [1.82, 2.24) is 9.80 Å². The van der Waals surface area contributed by atoms with Gasteiger partial charge in [0.2, 0.25) is 5.78 Å². The molecule has 0 saturated carbocycles. The summed E-state index contributed by atoms with van der Waals surface area (Å²) in [5, 5.41) is 47.6. The molecule has 2 aliphatic heterocycles. The summed E-state index contributed by atoms with van der Waals surface area (Å²) in [5.74, 6) is -6.31. The number of nitrogens with two attached hydrogens (primary N) is 1. The normalized spacial score (nSPS) is 29.3. The Kier molecular flexibility index (Phi) is 6.74. The molecule has 232 valence electrons. The molecule has 0 spiro atoms. The minimum atomic E-state index is -2.69. The summed E-state index contributed by atoms with van der Waals surface area (Å²) in [7, 11) is 1.50. The van der Waals surface area contributed by atoms with Crippen molar-refractivity contribution >= 4 is 28.2 Å². The van der Waals surface area contributed by atoms with Gasteiger partial charge in [0.1, 0.15) is 28.6 Å². The fourth-order valence-electron chi connectivity index (χ4n) is 7.94. The fourth-order valence-corrected chi connectivity index (χ4v) is 7.94. The predicted molar refractivity (Wildman–Crippen MR) is 156 cm³/mol. The molecule has 4 atom stereocenters. The van der Waals surface area contributed by atoms with Crippen molar-refractivity contribution in [3.63, 3.8) is 0 Å². The zero-order valence-electron chi connectivity index (χ0n) is 24.3. The molecule has 7 rings (SSSR count). The van der Waals surface area contributed by atoms with Crippen molar-refractivity contribution in [3.8, 4) is 11.5 Å². The van der Waals surface area contributed by atoms with E-state index in [1.165, 1.54) is 7.11 Å². The average molecular weight is 606 g/mol. The lowest BCUT2D eigenvalue weighted by Crippen LogP contribution is -2.65. The smallest absolute Gasteiger partial charge is 0.255 e. The summed E-state index contributed by atoms with van der Waals surface area (Å²) >= 11 is 0. The van der Waals surface area contributed by atoms with Crippen LogP contribution in [0, 0.1) is 11.8 Å². The molecule has 44 heavy (non-hydrogen) atoms. The quantitative estimate of drug-likeness (QED) is 0.309. The molecule has 2 saturated heterocycles. The third-order valence-corrected chi connectivity index (χ3v) is 10.2. The number of phenolic OH excluding ortho intramolecular Hbond substituents is 1. The average Bonchev–Trinajstić information content (AvgIpc) is 2.97. The van der Waals surface area contributed by atoms with Gasteiger partial charge in [-0.05, 0) is 49.9 Å². The second-order valence-corrected chi connectivity index (χ2v) is 12.4. The maximum Gasteiger partial charge on any atom is 0.255 e. The number of phenols is 1. The summed E-state index contributed by atoms with van der Waals surface area (Å²) in [6.07, 6.45) is 1.31. The number of ether oxygens (including phenoxy) is 2. The Labute approximate surface area is 252 Å². The molecule has 0 bridgehead atoms. The van der Waals surface area contributed by atoms with Gasteiger partial charge in [0, 0.05) is 47.5 Å². The highest BCUT2D eigenvalue weighted by Gasteiger charge is 2.64. The van der Waals surface area contributed by atoms with Gasteiger partial charge < -0.3 is 35.6 Å². The number of Topliss-reactive ketones (excluding diaryl/α,β-unsaturated/α-hetero) is 2. The van der Waals surface area contributed by atoms with Gasteiger partial charge in [-0.15, -0.1) is 0 Å². The number of rotatable bonds is 5. The van der Waals surface area contributed by atoms with Crippen LogP contribution in [0.1, 0.15) is 34.3 Å². The van der Waals surface area contributed by atoms with Gasteiger partial charge in [-0.3, -0.25) is 24.2 Å². The number of allylic oxidation sites excluding steroid dienone is 1. The molecule has 2 aromatic carbocycles. The zero-order valence-corrected chi connectivity index (χ0v) is 24.3. The first-order valence-electron chi connectivity index (χ1n) is 14.9. The van der Waals surface area contributed by atoms with Crippen molar-refractivity contribution in [2.24, 2.45) is 17.6 Å². The van der Waals surface area contributed by atoms with Crippen molar-refractivity contribution in [2.45, 2.75) is 37.5 Å². The van der Waals surface area contributed by atoms with Crippen LogP contribution in [0.25, 0.3) is 10.8 Å². The predicted octanol–water partition coefficient (Wildman–Crippen LogP) is 1.26. The zero-order chi connectivity index (χ0) is 31.1. The SMILES string of the molecule is COc1c2c(c(O)c3cc(CN4CCC4)ccc13)C(=O)C1=C(O)[C@]3(O)C(=O)C(C(N)=O)=C(O)[C@@H](N4CCOCC4)[C@@H]3C[C@@H]1C2. The van der Waals surface area contributed by atoms with Crippen molar-refractivity contribution in [3.05, 3.63) is 57.6 Å². The number of nitrogens with zero attached hydrogens (tertiary/aromatic N) is 2. The number of primary amides is 1. The lowest BCUT2D eigenvalue weighted by atomic mass is 9.58. The van der Waals surface area contributed by atoms with E-state index in [2.05, 4.69) is 4.90 Å². The minimum Gasteiger partial charge on any atom is -0.510 e. The lowest BCUT2D eigenvalue weighted by molar-refractivity contribution is -0.151. The molecule has 0 unspecified atom stereocenters. The van der Waals surface area contributed by atoms with Crippen LogP contribution < -0.4 is 10.5 Å². The summed E-state index contributed by atoms with van der Waals surface area (Å²) < 4.78 is 11.3. The standard InChI is InChI=1S/C32H35N3O9/c1-43-28-17-4-3-15(14-34-5-2-6-34)11-18(17)25(36)22-19(28)12-16-13-20-24(35-7-9-44-10-8-35)27(38)23(31(33)41)30(40)32(20,42)29(39)21(16)26(22)37/h3-4,11,16,20,24,36,38-39,42H,2,5-10,12-14H2,1H3,(H2,33,41)/t16-,20-,24-,32-/m0/s1. The Morgan fingerprint density at radius 3 is 2.48 bits per heavy atom. The number of carbonyl (C=O) groups excluding carboxylic acids is 3. The van der Waals surface area contributed by atoms with Crippen molar-refractivity contribution in [2.75, 3.05) is 46.5 Å². The Bertz CT molecular complexity index is 1690. The molecule has 1 amide bonds. The highest BCUT2D eigenvalue weighted by molar-refractivity contribution is 6.25. The number of likely N-dealkylation sites (tertiary alicyclic amines) is 1. The van der Waals surface area contributed by atoms with E-state index in [1.54, 1.807) is 4.90 Å². The Morgan fingerprint density at radius 2 is 1.84 bits per heavy atom. The second kappa shape index (κ2) is 10.3. The lowest BCUT2D eigenvalue weighted by Gasteiger charge is -2.51. The van der Waals surface area contributed by atoms with E-state index in [9.17, 15) is 34.8 Å². The van der Waals surface area contributed by atoms with E-state index in [1.807, 2.05) is 18.2 Å². The number of benzene rings is 2. The highest BCUT2D eigenvalue weighted by atomic mass is 16.5. The first-order chi connectivity index (χ1) is 21.1. The topological polar surface area (TPSA) is 183 Å². The van der Waals surface area contributed by atoms with Crippen LogP contribution in [-0.4, -0.2) is 106 Å². The number of methoxy groups -OCH3 is 1. The summed E-state index contributed by atoms with van der Waals surface area (Å²) in [5.41, 5.74) is 3.16. The number of fused-ring (bicyclic) bond motifs is 4. The van der Waals surface area contributed by atoms with Gasteiger partial charge >= 0.3 is 0 Å².